The number of thiophene rings is 1. The quantitative estimate of drug-likeness (QED) is 0.460. The largest absolute Gasteiger partial charge is 0.354 e. The van der Waals surface area contributed by atoms with Gasteiger partial charge in [0.15, 0.2) is 5.96 Å². The van der Waals surface area contributed by atoms with Gasteiger partial charge in [0.25, 0.3) is 0 Å². The van der Waals surface area contributed by atoms with Gasteiger partial charge in [0.05, 0.1) is 0 Å². The number of hydrogen-bond acceptors (Lipinski definition) is 4. The zero-order chi connectivity index (χ0) is 17.4. The van der Waals surface area contributed by atoms with Gasteiger partial charge < -0.3 is 15.5 Å². The van der Waals surface area contributed by atoms with Crippen LogP contribution < -0.4 is 10.6 Å². The second-order valence-corrected chi connectivity index (χ2v) is 7.29. The summed E-state index contributed by atoms with van der Waals surface area (Å²) < 4.78 is 0. The summed E-state index contributed by atoms with van der Waals surface area (Å²) in [5.41, 5.74) is 0. The first kappa shape index (κ1) is 18.7. The van der Waals surface area contributed by atoms with Crippen LogP contribution in [-0.2, 0) is 11.3 Å². The van der Waals surface area contributed by atoms with E-state index in [0.717, 1.165) is 38.7 Å². The highest BCUT2D eigenvalue weighted by atomic mass is 32.1. The van der Waals surface area contributed by atoms with Gasteiger partial charge in [-0.15, -0.1) is 11.3 Å². The molecule has 0 saturated carbocycles. The maximum absolute atomic E-state index is 11.5. The maximum atomic E-state index is 11.5. The molecule has 1 amide bonds. The number of guanidine groups is 1. The topological polar surface area (TPSA) is 60.0 Å². The smallest absolute Gasteiger partial charge is 0.222 e. The van der Waals surface area contributed by atoms with Crippen molar-refractivity contribution in [2.75, 3.05) is 46.3 Å². The summed E-state index contributed by atoms with van der Waals surface area (Å²) in [5.74, 6) is 1.04. The summed E-state index contributed by atoms with van der Waals surface area (Å²) in [4.78, 5) is 22.1. The second kappa shape index (κ2) is 9.64. The monoisotopic (exact) mass is 351 g/mol. The van der Waals surface area contributed by atoms with E-state index in [9.17, 15) is 4.79 Å². The molecule has 134 valence electrons. The first-order valence-electron chi connectivity index (χ1n) is 8.58. The third-order valence-electron chi connectivity index (χ3n) is 4.07. The summed E-state index contributed by atoms with van der Waals surface area (Å²) in [7, 11) is 1.81. The predicted molar refractivity (Wildman–Crippen MR) is 100 cm³/mol. The molecule has 1 aliphatic rings. The van der Waals surface area contributed by atoms with Crippen LogP contribution in [0.4, 0.5) is 0 Å². The molecule has 1 aromatic rings. The van der Waals surface area contributed by atoms with Gasteiger partial charge in [0.2, 0.25) is 5.91 Å². The van der Waals surface area contributed by atoms with E-state index in [1.807, 2.05) is 32.2 Å². The van der Waals surface area contributed by atoms with Crippen molar-refractivity contribution in [1.29, 1.82) is 0 Å². The van der Waals surface area contributed by atoms with Crippen molar-refractivity contribution < 1.29 is 4.79 Å². The molecular formula is C17H29N5OS. The average Bonchev–Trinajstić information content (AvgIpc) is 3.08. The van der Waals surface area contributed by atoms with Crippen LogP contribution in [0, 0.1) is 5.92 Å². The molecular weight excluding hydrogens is 322 g/mol. The molecule has 0 radical (unpaired) electrons. The Labute approximate surface area is 148 Å². The fourth-order valence-corrected chi connectivity index (χ4v) is 3.38. The molecule has 2 heterocycles. The molecule has 7 heteroatoms. The van der Waals surface area contributed by atoms with Crippen LogP contribution in [0.1, 0.15) is 18.7 Å². The summed E-state index contributed by atoms with van der Waals surface area (Å²) >= 11 is 1.82. The number of hydrogen-bond donors (Lipinski definition) is 2. The first-order valence-corrected chi connectivity index (χ1v) is 9.46. The third-order valence-corrected chi connectivity index (χ3v) is 4.94. The zero-order valence-electron chi connectivity index (χ0n) is 14.9. The van der Waals surface area contributed by atoms with Gasteiger partial charge in [-0.05, 0) is 11.4 Å². The van der Waals surface area contributed by atoms with E-state index in [1.165, 1.54) is 4.88 Å². The first-order chi connectivity index (χ1) is 11.6. The Bertz CT molecular complexity index is 521. The number of piperazine rings is 1. The van der Waals surface area contributed by atoms with Crippen LogP contribution >= 0.6 is 11.3 Å². The molecule has 24 heavy (non-hydrogen) atoms. The minimum atomic E-state index is 0.0285. The van der Waals surface area contributed by atoms with E-state index in [4.69, 9.17) is 0 Å². The van der Waals surface area contributed by atoms with Crippen molar-refractivity contribution in [3.8, 4) is 0 Å². The maximum Gasteiger partial charge on any atom is 0.222 e. The lowest BCUT2D eigenvalue weighted by Crippen LogP contribution is -2.53. The van der Waals surface area contributed by atoms with Crippen LogP contribution in [0.2, 0.25) is 0 Å². The van der Waals surface area contributed by atoms with E-state index in [1.54, 1.807) is 0 Å². The predicted octanol–water partition coefficient (Wildman–Crippen LogP) is 1.21. The third kappa shape index (κ3) is 5.79. The lowest BCUT2D eigenvalue weighted by atomic mass is 10.2. The molecule has 1 saturated heterocycles. The summed E-state index contributed by atoms with van der Waals surface area (Å²) in [6, 6.07) is 4.31. The molecule has 1 fully saturated rings. The van der Waals surface area contributed by atoms with Crippen LogP contribution in [-0.4, -0.2) is 68.0 Å². The van der Waals surface area contributed by atoms with Crippen molar-refractivity contribution in [2.24, 2.45) is 10.9 Å². The fraction of sp³-hybridized carbons (Fsp3) is 0.647. The molecule has 1 aliphatic heterocycles. The molecule has 0 aromatic carbocycles. The molecule has 0 atom stereocenters. The highest BCUT2D eigenvalue weighted by Gasteiger charge is 2.19. The standard InChI is InChI=1S/C17H29N5OS/c1-14(2)16(23)19-6-7-20-17(18-3)22-10-8-21(9-11-22)13-15-5-4-12-24-15/h4-5,12,14H,6-11,13H2,1-3H3,(H,18,20)(H,19,23). The molecule has 2 N–H and O–H groups in total. The van der Waals surface area contributed by atoms with E-state index in [2.05, 4.69) is 42.9 Å². The Morgan fingerprint density at radius 3 is 2.54 bits per heavy atom. The van der Waals surface area contributed by atoms with Crippen LogP contribution in [0.25, 0.3) is 0 Å². The summed E-state index contributed by atoms with van der Waals surface area (Å²) in [5, 5.41) is 8.39. The van der Waals surface area contributed by atoms with Crippen molar-refractivity contribution in [2.45, 2.75) is 20.4 Å². The number of aliphatic imine (C=N–C) groups is 1. The van der Waals surface area contributed by atoms with E-state index in [0.29, 0.717) is 13.1 Å². The van der Waals surface area contributed by atoms with Gasteiger partial charge in [-0.1, -0.05) is 19.9 Å². The Hall–Kier alpha value is -1.60. The lowest BCUT2D eigenvalue weighted by Gasteiger charge is -2.36. The van der Waals surface area contributed by atoms with Crippen molar-refractivity contribution >= 4 is 23.2 Å². The minimum absolute atomic E-state index is 0.0285. The van der Waals surface area contributed by atoms with Crippen LogP contribution in [0.5, 0.6) is 0 Å². The molecule has 0 spiro atoms. The molecule has 1 aromatic heterocycles. The lowest BCUT2D eigenvalue weighted by molar-refractivity contribution is -0.123. The summed E-state index contributed by atoms with van der Waals surface area (Å²) in [6.45, 7) is 10.2. The van der Waals surface area contributed by atoms with Crippen LogP contribution in [0.15, 0.2) is 22.5 Å². The van der Waals surface area contributed by atoms with Crippen molar-refractivity contribution in [3.63, 3.8) is 0 Å². The number of rotatable bonds is 6. The second-order valence-electron chi connectivity index (χ2n) is 6.26. The van der Waals surface area contributed by atoms with Gasteiger partial charge in [-0.2, -0.15) is 0 Å². The SMILES string of the molecule is CN=C(NCCNC(=O)C(C)C)N1CCN(Cc2cccs2)CC1. The zero-order valence-corrected chi connectivity index (χ0v) is 15.7. The van der Waals surface area contributed by atoms with E-state index >= 15 is 0 Å². The number of nitrogens with zero attached hydrogens (tertiary/aromatic N) is 3. The Morgan fingerprint density at radius 2 is 1.96 bits per heavy atom. The molecule has 2 rings (SSSR count). The normalized spacial score (nSPS) is 16.5. The Kier molecular flexibility index (Phi) is 7.52. The van der Waals surface area contributed by atoms with Gasteiger partial charge in [-0.25, -0.2) is 0 Å². The molecule has 0 aliphatic carbocycles. The number of carbonyl (C=O) groups is 1. The molecule has 0 bridgehead atoms. The highest BCUT2D eigenvalue weighted by Crippen LogP contribution is 2.13. The van der Waals surface area contributed by atoms with Crippen molar-refractivity contribution in [1.82, 2.24) is 20.4 Å². The average molecular weight is 352 g/mol. The van der Waals surface area contributed by atoms with Gasteiger partial charge in [0.1, 0.15) is 0 Å². The Morgan fingerprint density at radius 1 is 1.25 bits per heavy atom. The Balaban J connectivity index is 1.68. The minimum Gasteiger partial charge on any atom is -0.354 e. The van der Waals surface area contributed by atoms with Crippen LogP contribution in [0.3, 0.4) is 0 Å². The van der Waals surface area contributed by atoms with E-state index in [-0.39, 0.29) is 11.8 Å². The van der Waals surface area contributed by atoms with Gasteiger partial charge >= 0.3 is 0 Å². The fourth-order valence-electron chi connectivity index (χ4n) is 2.64. The summed E-state index contributed by atoms with van der Waals surface area (Å²) in [6.07, 6.45) is 0. The number of amides is 1. The number of nitrogens with one attached hydrogen (secondary N) is 2. The highest BCUT2D eigenvalue weighted by molar-refractivity contribution is 7.09. The van der Waals surface area contributed by atoms with Crippen molar-refractivity contribution in [3.05, 3.63) is 22.4 Å². The van der Waals surface area contributed by atoms with Gasteiger partial charge in [-0.3, -0.25) is 14.7 Å². The van der Waals surface area contributed by atoms with E-state index < -0.39 is 0 Å². The molecule has 6 nitrogen and oxygen atoms in total. The van der Waals surface area contributed by atoms with Gasteiger partial charge in [0, 0.05) is 63.7 Å². The number of carbonyl (C=O) groups excluding carboxylic acids is 1. The molecule has 0 unspecified atom stereocenters.